The lowest BCUT2D eigenvalue weighted by Crippen LogP contribution is -1.83. The zero-order chi connectivity index (χ0) is 15.7. The lowest BCUT2D eigenvalue weighted by atomic mass is 9.99. The van der Waals surface area contributed by atoms with Crippen LogP contribution in [0.3, 0.4) is 0 Å². The second kappa shape index (κ2) is 4.27. The molecular weight excluding hydrogens is 290 g/mol. The largest absolute Gasteiger partial charge is 0.355 e. The first-order chi connectivity index (χ1) is 11.9. The maximum absolute atomic E-state index is 3.57. The fourth-order valence-electron chi connectivity index (χ4n) is 4.31. The van der Waals surface area contributed by atoms with Crippen LogP contribution in [0.15, 0.2) is 72.8 Å². The molecule has 1 heteroatoms. The van der Waals surface area contributed by atoms with Gasteiger partial charge in [-0.3, -0.25) is 0 Å². The van der Waals surface area contributed by atoms with E-state index >= 15 is 0 Å². The van der Waals surface area contributed by atoms with Crippen molar-refractivity contribution in [1.82, 2.24) is 4.98 Å². The molecule has 0 spiro atoms. The molecule has 0 radical (unpaired) electrons. The summed E-state index contributed by atoms with van der Waals surface area (Å²) in [5, 5.41) is 5.36. The lowest BCUT2D eigenvalue weighted by Gasteiger charge is -2.05. The average molecular weight is 305 g/mol. The zero-order valence-electron chi connectivity index (χ0n) is 13.1. The van der Waals surface area contributed by atoms with E-state index < -0.39 is 0 Å². The van der Waals surface area contributed by atoms with E-state index in [9.17, 15) is 0 Å². The van der Waals surface area contributed by atoms with Crippen molar-refractivity contribution in [1.29, 1.82) is 0 Å². The minimum absolute atomic E-state index is 1.03. The molecular formula is C23H15N. The SMILES string of the molecule is c1ccc2c3c(ccc2c1)-c1cc2c(cc1C3)[nH]c1ccccc12. The van der Waals surface area contributed by atoms with Gasteiger partial charge in [-0.2, -0.15) is 0 Å². The number of fused-ring (bicyclic) bond motifs is 8. The molecule has 0 fully saturated rings. The molecule has 1 nitrogen and oxygen atoms in total. The molecule has 0 atom stereocenters. The molecule has 5 aromatic rings. The monoisotopic (exact) mass is 305 g/mol. The topological polar surface area (TPSA) is 15.8 Å². The van der Waals surface area contributed by atoms with Gasteiger partial charge in [0.05, 0.1) is 0 Å². The number of aromatic nitrogens is 1. The smallest absolute Gasteiger partial charge is 0.0468 e. The summed E-state index contributed by atoms with van der Waals surface area (Å²) in [6.45, 7) is 0. The van der Waals surface area contributed by atoms with Crippen molar-refractivity contribution in [3.05, 3.63) is 83.9 Å². The van der Waals surface area contributed by atoms with Crippen LogP contribution in [0.4, 0.5) is 0 Å². The van der Waals surface area contributed by atoms with E-state index in [1.165, 1.54) is 54.8 Å². The minimum Gasteiger partial charge on any atom is -0.355 e. The molecule has 1 aliphatic carbocycles. The Labute approximate surface area is 139 Å². The Balaban J connectivity index is 1.71. The molecule has 0 aliphatic heterocycles. The van der Waals surface area contributed by atoms with Gasteiger partial charge in [-0.15, -0.1) is 0 Å². The van der Waals surface area contributed by atoms with Crippen LogP contribution in [-0.4, -0.2) is 4.98 Å². The van der Waals surface area contributed by atoms with Crippen molar-refractivity contribution in [2.45, 2.75) is 6.42 Å². The van der Waals surface area contributed by atoms with Crippen LogP contribution in [0.2, 0.25) is 0 Å². The number of para-hydroxylation sites is 1. The summed E-state index contributed by atoms with van der Waals surface area (Å²) in [7, 11) is 0. The Bertz CT molecular complexity index is 1270. The molecule has 1 heterocycles. The van der Waals surface area contributed by atoms with Gasteiger partial charge in [0, 0.05) is 21.8 Å². The maximum atomic E-state index is 3.57. The molecule has 0 bridgehead atoms. The Morgan fingerprint density at radius 2 is 1.46 bits per heavy atom. The molecule has 6 rings (SSSR count). The van der Waals surface area contributed by atoms with E-state index in [4.69, 9.17) is 0 Å². The molecule has 0 amide bonds. The Hall–Kier alpha value is -3.06. The molecule has 24 heavy (non-hydrogen) atoms. The highest BCUT2D eigenvalue weighted by Crippen LogP contribution is 2.43. The van der Waals surface area contributed by atoms with E-state index in [1.807, 2.05) is 0 Å². The zero-order valence-corrected chi connectivity index (χ0v) is 13.1. The van der Waals surface area contributed by atoms with Crippen molar-refractivity contribution in [2.75, 3.05) is 0 Å². The summed E-state index contributed by atoms with van der Waals surface area (Å²) < 4.78 is 0. The van der Waals surface area contributed by atoms with Crippen LogP contribution >= 0.6 is 0 Å². The third-order valence-corrected chi connectivity index (χ3v) is 5.43. The molecule has 0 saturated heterocycles. The molecule has 4 aromatic carbocycles. The van der Waals surface area contributed by atoms with Gasteiger partial charge in [0.1, 0.15) is 0 Å². The van der Waals surface area contributed by atoms with Crippen molar-refractivity contribution in [2.24, 2.45) is 0 Å². The predicted octanol–water partition coefficient (Wildman–Crippen LogP) is 6.05. The highest BCUT2D eigenvalue weighted by Gasteiger charge is 2.21. The van der Waals surface area contributed by atoms with E-state index in [1.54, 1.807) is 0 Å². The Kier molecular flexibility index (Phi) is 2.20. The number of aromatic amines is 1. The van der Waals surface area contributed by atoms with Crippen LogP contribution in [0.1, 0.15) is 11.1 Å². The molecule has 0 unspecified atom stereocenters. The summed E-state index contributed by atoms with van der Waals surface area (Å²) in [5.41, 5.74) is 8.16. The quantitative estimate of drug-likeness (QED) is 0.352. The third kappa shape index (κ3) is 1.49. The lowest BCUT2D eigenvalue weighted by molar-refractivity contribution is 1.29. The van der Waals surface area contributed by atoms with Gasteiger partial charge in [0.15, 0.2) is 0 Å². The summed E-state index contributed by atoms with van der Waals surface area (Å²) in [6.07, 6.45) is 1.03. The van der Waals surface area contributed by atoms with Crippen molar-refractivity contribution >= 4 is 32.6 Å². The Morgan fingerprint density at radius 3 is 2.42 bits per heavy atom. The second-order valence-corrected chi connectivity index (χ2v) is 6.72. The van der Waals surface area contributed by atoms with Crippen LogP contribution < -0.4 is 0 Å². The first-order valence-electron chi connectivity index (χ1n) is 8.43. The van der Waals surface area contributed by atoms with Gasteiger partial charge in [-0.25, -0.2) is 0 Å². The summed E-state index contributed by atoms with van der Waals surface area (Å²) in [4.78, 5) is 3.57. The number of hydrogen-bond donors (Lipinski definition) is 1. The predicted molar refractivity (Wildman–Crippen MR) is 102 cm³/mol. The highest BCUT2D eigenvalue weighted by atomic mass is 14.7. The molecule has 1 N–H and O–H groups in total. The van der Waals surface area contributed by atoms with E-state index in [2.05, 4.69) is 77.8 Å². The maximum Gasteiger partial charge on any atom is 0.0468 e. The normalized spacial score (nSPS) is 12.8. The summed E-state index contributed by atoms with van der Waals surface area (Å²) in [6, 6.07) is 26.6. The number of H-pyrrole nitrogens is 1. The highest BCUT2D eigenvalue weighted by molar-refractivity contribution is 6.10. The van der Waals surface area contributed by atoms with Crippen LogP contribution in [0.5, 0.6) is 0 Å². The molecule has 0 saturated carbocycles. The van der Waals surface area contributed by atoms with Gasteiger partial charge >= 0.3 is 0 Å². The van der Waals surface area contributed by atoms with Crippen molar-refractivity contribution < 1.29 is 0 Å². The second-order valence-electron chi connectivity index (χ2n) is 6.72. The van der Waals surface area contributed by atoms with Gasteiger partial charge in [-0.1, -0.05) is 54.6 Å². The average Bonchev–Trinajstić information content (AvgIpc) is 3.17. The number of benzene rings is 4. The first kappa shape index (κ1) is 12.4. The van der Waals surface area contributed by atoms with Crippen molar-refractivity contribution in [3.63, 3.8) is 0 Å². The fraction of sp³-hybridized carbons (Fsp3) is 0.0435. The van der Waals surface area contributed by atoms with Crippen LogP contribution in [0, 0.1) is 0 Å². The van der Waals surface area contributed by atoms with E-state index in [0.29, 0.717) is 0 Å². The Morgan fingerprint density at radius 1 is 0.625 bits per heavy atom. The molecule has 1 aliphatic rings. The summed E-state index contributed by atoms with van der Waals surface area (Å²) in [5.74, 6) is 0. The number of rotatable bonds is 0. The van der Waals surface area contributed by atoms with Gasteiger partial charge in [-0.05, 0) is 57.6 Å². The summed E-state index contributed by atoms with van der Waals surface area (Å²) >= 11 is 0. The first-order valence-corrected chi connectivity index (χ1v) is 8.43. The van der Waals surface area contributed by atoms with Crippen molar-refractivity contribution in [3.8, 4) is 11.1 Å². The minimum atomic E-state index is 1.03. The molecule has 1 aromatic heterocycles. The van der Waals surface area contributed by atoms with Gasteiger partial charge in [0.2, 0.25) is 0 Å². The number of nitrogens with one attached hydrogen (secondary N) is 1. The number of hydrogen-bond acceptors (Lipinski definition) is 0. The van der Waals surface area contributed by atoms with Crippen LogP contribution in [-0.2, 0) is 6.42 Å². The van der Waals surface area contributed by atoms with Gasteiger partial charge < -0.3 is 4.98 Å². The third-order valence-electron chi connectivity index (χ3n) is 5.43. The van der Waals surface area contributed by atoms with Gasteiger partial charge in [0.25, 0.3) is 0 Å². The van der Waals surface area contributed by atoms with E-state index in [-0.39, 0.29) is 0 Å². The van der Waals surface area contributed by atoms with Crippen LogP contribution in [0.25, 0.3) is 43.7 Å². The van der Waals surface area contributed by atoms with E-state index in [0.717, 1.165) is 6.42 Å². The molecule has 112 valence electrons. The standard InChI is InChI=1S/C23H15N/c1-2-6-16-14(5-1)9-10-17-19-13-21-18-7-3-4-8-22(18)24-23(21)12-15(19)11-20(16)17/h1-10,12-13,24H,11H2. The fourth-order valence-corrected chi connectivity index (χ4v) is 4.31.